The zero-order valence-electron chi connectivity index (χ0n) is 16.7. The molecule has 3 rings (SSSR count). The van der Waals surface area contributed by atoms with Crippen LogP contribution in [0.5, 0.6) is 0 Å². The van der Waals surface area contributed by atoms with Gasteiger partial charge in [0.05, 0.1) is 12.7 Å². The molecule has 0 spiro atoms. The van der Waals surface area contributed by atoms with Crippen LogP contribution in [-0.4, -0.2) is 18.5 Å². The van der Waals surface area contributed by atoms with Gasteiger partial charge in [-0.2, -0.15) is 0 Å². The summed E-state index contributed by atoms with van der Waals surface area (Å²) in [4.78, 5) is 24.4. The van der Waals surface area contributed by atoms with Crippen LogP contribution in [0, 0.1) is 13.8 Å². The average molecular weight is 379 g/mol. The molecule has 0 unspecified atom stereocenters. The standard InChI is InChI=1S/C23H25NO4/c1-14(2)18-7-5-6-8-20(18)24-22(25)13-28-23(26)11-17-12-27-21-10-16(4)15(3)9-19(17)21/h5-10,12,14H,11,13H2,1-4H3,(H,24,25). The van der Waals surface area contributed by atoms with E-state index < -0.39 is 5.97 Å². The predicted octanol–water partition coefficient (Wildman–Crippen LogP) is 4.90. The summed E-state index contributed by atoms with van der Waals surface area (Å²) < 4.78 is 10.7. The number of anilines is 1. The summed E-state index contributed by atoms with van der Waals surface area (Å²) in [5, 5.41) is 3.71. The Balaban J connectivity index is 1.59. The number of esters is 1. The number of ether oxygens (including phenoxy) is 1. The zero-order chi connectivity index (χ0) is 20.3. The number of furan rings is 1. The summed E-state index contributed by atoms with van der Waals surface area (Å²) in [6, 6.07) is 11.6. The molecular weight excluding hydrogens is 354 g/mol. The number of hydrogen-bond acceptors (Lipinski definition) is 4. The highest BCUT2D eigenvalue weighted by atomic mass is 16.5. The molecule has 0 atom stereocenters. The quantitative estimate of drug-likeness (QED) is 0.619. The van der Waals surface area contributed by atoms with E-state index in [1.165, 1.54) is 0 Å². The molecule has 1 N–H and O–H groups in total. The second-order valence-corrected chi connectivity index (χ2v) is 7.32. The number of benzene rings is 2. The van der Waals surface area contributed by atoms with Crippen LogP contribution in [0.25, 0.3) is 11.0 Å². The number of amides is 1. The number of nitrogens with one attached hydrogen (secondary N) is 1. The van der Waals surface area contributed by atoms with Gasteiger partial charge in [0.1, 0.15) is 5.58 Å². The lowest BCUT2D eigenvalue weighted by molar-refractivity contribution is -0.146. The van der Waals surface area contributed by atoms with Crippen LogP contribution in [0.2, 0.25) is 0 Å². The second-order valence-electron chi connectivity index (χ2n) is 7.32. The van der Waals surface area contributed by atoms with Crippen LogP contribution < -0.4 is 5.32 Å². The Morgan fingerprint density at radius 2 is 1.82 bits per heavy atom. The van der Waals surface area contributed by atoms with Crippen molar-refractivity contribution in [3.05, 3.63) is 64.9 Å². The maximum absolute atomic E-state index is 12.2. The van der Waals surface area contributed by atoms with Gasteiger partial charge in [-0.25, -0.2) is 0 Å². The molecule has 1 aromatic heterocycles. The van der Waals surface area contributed by atoms with E-state index in [1.54, 1.807) is 6.26 Å². The number of fused-ring (bicyclic) bond motifs is 1. The molecule has 0 saturated heterocycles. The van der Waals surface area contributed by atoms with Crippen molar-refractivity contribution in [3.8, 4) is 0 Å². The Labute approximate surface area is 164 Å². The van der Waals surface area contributed by atoms with Crippen LogP contribution in [0.1, 0.15) is 42.0 Å². The molecule has 3 aromatic rings. The molecule has 0 fully saturated rings. The molecule has 5 nitrogen and oxygen atoms in total. The lowest BCUT2D eigenvalue weighted by Gasteiger charge is -2.13. The third-order valence-electron chi connectivity index (χ3n) is 4.83. The van der Waals surface area contributed by atoms with Crippen molar-refractivity contribution in [2.45, 2.75) is 40.0 Å². The van der Waals surface area contributed by atoms with Gasteiger partial charge in [-0.15, -0.1) is 0 Å². The molecule has 0 saturated carbocycles. The summed E-state index contributed by atoms with van der Waals surface area (Å²) in [6.07, 6.45) is 1.63. The fraction of sp³-hybridized carbons (Fsp3) is 0.304. The first kappa shape index (κ1) is 19.7. The highest BCUT2D eigenvalue weighted by molar-refractivity contribution is 5.94. The Morgan fingerprint density at radius 1 is 1.11 bits per heavy atom. The zero-order valence-corrected chi connectivity index (χ0v) is 16.7. The van der Waals surface area contributed by atoms with Crippen LogP contribution in [-0.2, 0) is 20.7 Å². The molecule has 1 heterocycles. The molecule has 0 bridgehead atoms. The van der Waals surface area contributed by atoms with Gasteiger partial charge in [-0.1, -0.05) is 32.0 Å². The van der Waals surface area contributed by atoms with E-state index in [9.17, 15) is 9.59 Å². The maximum atomic E-state index is 12.2. The minimum absolute atomic E-state index is 0.0609. The van der Waals surface area contributed by atoms with Crippen LogP contribution in [0.15, 0.2) is 47.1 Å². The van der Waals surface area contributed by atoms with Crippen molar-refractivity contribution < 1.29 is 18.7 Å². The Bertz CT molecular complexity index is 1020. The Kier molecular flexibility index (Phi) is 5.83. The van der Waals surface area contributed by atoms with E-state index in [0.29, 0.717) is 0 Å². The number of carbonyl (C=O) groups is 2. The summed E-state index contributed by atoms with van der Waals surface area (Å²) in [5.74, 6) is -0.543. The Morgan fingerprint density at radius 3 is 2.57 bits per heavy atom. The topological polar surface area (TPSA) is 68.5 Å². The van der Waals surface area contributed by atoms with Crippen molar-refractivity contribution >= 4 is 28.5 Å². The number of para-hydroxylation sites is 1. The third-order valence-corrected chi connectivity index (χ3v) is 4.83. The summed E-state index contributed by atoms with van der Waals surface area (Å²) in [7, 11) is 0. The van der Waals surface area contributed by atoms with Crippen molar-refractivity contribution in [1.29, 1.82) is 0 Å². The van der Waals surface area contributed by atoms with Gasteiger partial charge >= 0.3 is 5.97 Å². The fourth-order valence-electron chi connectivity index (χ4n) is 3.13. The van der Waals surface area contributed by atoms with Gasteiger partial charge in [0, 0.05) is 16.6 Å². The minimum Gasteiger partial charge on any atom is -0.464 e. The molecule has 146 valence electrons. The van der Waals surface area contributed by atoms with E-state index in [2.05, 4.69) is 19.2 Å². The minimum atomic E-state index is -0.465. The largest absolute Gasteiger partial charge is 0.464 e. The summed E-state index contributed by atoms with van der Waals surface area (Å²) >= 11 is 0. The molecule has 0 aliphatic rings. The molecular formula is C23H25NO4. The van der Waals surface area contributed by atoms with E-state index in [4.69, 9.17) is 9.15 Å². The molecule has 1 amide bonds. The predicted molar refractivity (Wildman–Crippen MR) is 110 cm³/mol. The molecule has 5 heteroatoms. The summed E-state index contributed by atoms with van der Waals surface area (Å²) in [5.41, 5.74) is 5.55. The van der Waals surface area contributed by atoms with Gasteiger partial charge in [-0.05, 0) is 54.7 Å². The first-order valence-corrected chi connectivity index (χ1v) is 9.37. The number of carbonyl (C=O) groups excluding carboxylic acids is 2. The highest BCUT2D eigenvalue weighted by Gasteiger charge is 2.15. The molecule has 28 heavy (non-hydrogen) atoms. The molecule has 0 radical (unpaired) electrons. The van der Waals surface area contributed by atoms with Gasteiger partial charge in [0.25, 0.3) is 5.91 Å². The van der Waals surface area contributed by atoms with Crippen molar-refractivity contribution in [3.63, 3.8) is 0 Å². The maximum Gasteiger partial charge on any atom is 0.310 e. The third kappa shape index (κ3) is 4.42. The highest BCUT2D eigenvalue weighted by Crippen LogP contribution is 2.26. The molecule has 0 aliphatic heterocycles. The smallest absolute Gasteiger partial charge is 0.310 e. The number of aryl methyl sites for hydroxylation is 2. The normalized spacial score (nSPS) is 11.0. The second kappa shape index (κ2) is 8.30. The van der Waals surface area contributed by atoms with Crippen LogP contribution >= 0.6 is 0 Å². The first-order chi connectivity index (χ1) is 13.3. The van der Waals surface area contributed by atoms with E-state index in [-0.39, 0.29) is 24.9 Å². The molecule has 0 aliphatic carbocycles. The lowest BCUT2D eigenvalue weighted by Crippen LogP contribution is -2.22. The van der Waals surface area contributed by atoms with E-state index >= 15 is 0 Å². The van der Waals surface area contributed by atoms with Gasteiger partial charge in [0.2, 0.25) is 0 Å². The summed E-state index contributed by atoms with van der Waals surface area (Å²) in [6.45, 7) is 7.83. The van der Waals surface area contributed by atoms with Crippen molar-refractivity contribution in [2.24, 2.45) is 0 Å². The van der Waals surface area contributed by atoms with Crippen LogP contribution in [0.3, 0.4) is 0 Å². The fourth-order valence-corrected chi connectivity index (χ4v) is 3.13. The Hall–Kier alpha value is -3.08. The monoisotopic (exact) mass is 379 g/mol. The lowest BCUT2D eigenvalue weighted by atomic mass is 10.0. The van der Waals surface area contributed by atoms with Crippen LogP contribution in [0.4, 0.5) is 5.69 Å². The first-order valence-electron chi connectivity index (χ1n) is 9.37. The van der Waals surface area contributed by atoms with Gasteiger partial charge in [-0.3, -0.25) is 9.59 Å². The van der Waals surface area contributed by atoms with Crippen molar-refractivity contribution in [2.75, 3.05) is 11.9 Å². The number of rotatable bonds is 6. The van der Waals surface area contributed by atoms with Gasteiger partial charge in [0.15, 0.2) is 6.61 Å². The van der Waals surface area contributed by atoms with E-state index in [1.807, 2.05) is 50.2 Å². The van der Waals surface area contributed by atoms with Gasteiger partial charge < -0.3 is 14.5 Å². The number of hydrogen-bond donors (Lipinski definition) is 1. The average Bonchev–Trinajstić information content (AvgIpc) is 3.02. The molecule has 2 aromatic carbocycles. The van der Waals surface area contributed by atoms with E-state index in [0.717, 1.165) is 38.9 Å². The SMILES string of the molecule is Cc1cc2occ(CC(=O)OCC(=O)Nc3ccccc3C(C)C)c2cc1C. The van der Waals surface area contributed by atoms with Crippen molar-refractivity contribution in [1.82, 2.24) is 0 Å².